The summed E-state index contributed by atoms with van der Waals surface area (Å²) >= 11 is 1.18. The van der Waals surface area contributed by atoms with Gasteiger partial charge in [-0.15, -0.1) is 0 Å². The average Bonchev–Trinajstić information content (AvgIpc) is 3.28. The molecule has 2 aliphatic rings. The Labute approximate surface area is 195 Å². The number of carbonyl (C=O) groups excluding carboxylic acids is 3. The Bertz CT molecular complexity index is 1170. The van der Waals surface area contributed by atoms with Crippen molar-refractivity contribution < 1.29 is 14.4 Å². The molecule has 0 spiro atoms. The molecule has 1 N–H and O–H groups in total. The SMILES string of the molecule is O=C(Nc1nc2c(s1)C(=O)C[C@@H](C(=O)N1CCN(c3ccccn3)CC1)C2)c1ccccc1. The number of nitrogens with one attached hydrogen (secondary N) is 1. The van der Waals surface area contributed by atoms with E-state index in [9.17, 15) is 14.4 Å². The fraction of sp³-hybridized carbons (Fsp3) is 0.292. The highest BCUT2D eigenvalue weighted by molar-refractivity contribution is 7.17. The topological polar surface area (TPSA) is 95.5 Å². The molecule has 5 rings (SSSR count). The van der Waals surface area contributed by atoms with Gasteiger partial charge < -0.3 is 9.80 Å². The summed E-state index contributed by atoms with van der Waals surface area (Å²) in [5.41, 5.74) is 1.12. The lowest BCUT2D eigenvalue weighted by Crippen LogP contribution is -2.51. The second kappa shape index (κ2) is 9.11. The number of ketones is 1. The van der Waals surface area contributed by atoms with Crippen molar-refractivity contribution in [1.82, 2.24) is 14.9 Å². The third-order valence-electron chi connectivity index (χ3n) is 5.99. The Morgan fingerprint density at radius 2 is 1.73 bits per heavy atom. The van der Waals surface area contributed by atoms with Crippen LogP contribution in [0.15, 0.2) is 54.7 Å². The number of piperazine rings is 1. The summed E-state index contributed by atoms with van der Waals surface area (Å²) in [5.74, 6) is 0.144. The Kier molecular flexibility index (Phi) is 5.87. The third kappa shape index (κ3) is 4.49. The molecule has 0 radical (unpaired) electrons. The average molecular weight is 462 g/mol. The molecule has 1 aliphatic heterocycles. The normalized spacial score (nSPS) is 18.1. The van der Waals surface area contributed by atoms with Crippen LogP contribution >= 0.6 is 11.3 Å². The zero-order valence-electron chi connectivity index (χ0n) is 17.9. The third-order valence-corrected chi connectivity index (χ3v) is 7.05. The van der Waals surface area contributed by atoms with Gasteiger partial charge in [-0.2, -0.15) is 0 Å². The zero-order valence-corrected chi connectivity index (χ0v) is 18.8. The highest BCUT2D eigenvalue weighted by atomic mass is 32.1. The maximum Gasteiger partial charge on any atom is 0.257 e. The van der Waals surface area contributed by atoms with Crippen LogP contribution < -0.4 is 10.2 Å². The molecular weight excluding hydrogens is 438 g/mol. The maximum absolute atomic E-state index is 13.2. The fourth-order valence-electron chi connectivity index (χ4n) is 4.27. The van der Waals surface area contributed by atoms with Crippen molar-refractivity contribution in [2.75, 3.05) is 36.4 Å². The second-order valence-corrected chi connectivity index (χ2v) is 9.14. The van der Waals surface area contributed by atoms with Gasteiger partial charge in [0.2, 0.25) is 5.91 Å². The van der Waals surface area contributed by atoms with Gasteiger partial charge >= 0.3 is 0 Å². The highest BCUT2D eigenvalue weighted by Crippen LogP contribution is 2.33. The van der Waals surface area contributed by atoms with Crippen LogP contribution in [0.25, 0.3) is 0 Å². The summed E-state index contributed by atoms with van der Waals surface area (Å²) in [6.45, 7) is 2.62. The molecule has 1 aliphatic carbocycles. The van der Waals surface area contributed by atoms with Gasteiger partial charge in [-0.25, -0.2) is 9.97 Å². The van der Waals surface area contributed by atoms with E-state index in [2.05, 4.69) is 20.2 Å². The lowest BCUT2D eigenvalue weighted by atomic mass is 9.88. The number of pyridine rings is 1. The molecule has 1 atom stereocenters. The highest BCUT2D eigenvalue weighted by Gasteiger charge is 2.36. The number of Topliss-reactive ketones (excluding diaryl/α,β-unsaturated/α-hetero) is 1. The van der Waals surface area contributed by atoms with Crippen LogP contribution in [0.1, 0.15) is 32.1 Å². The Balaban J connectivity index is 1.22. The predicted octanol–water partition coefficient (Wildman–Crippen LogP) is 2.88. The molecule has 3 heterocycles. The van der Waals surface area contributed by atoms with E-state index in [0.717, 1.165) is 5.82 Å². The summed E-state index contributed by atoms with van der Waals surface area (Å²) in [6, 6.07) is 14.7. The molecule has 1 fully saturated rings. The quantitative estimate of drug-likeness (QED) is 0.642. The molecule has 3 aromatic rings. The number of carbonyl (C=O) groups is 3. The molecule has 0 saturated carbocycles. The summed E-state index contributed by atoms with van der Waals surface area (Å²) in [7, 11) is 0. The van der Waals surface area contributed by atoms with E-state index in [1.54, 1.807) is 30.5 Å². The Morgan fingerprint density at radius 1 is 0.970 bits per heavy atom. The maximum atomic E-state index is 13.2. The van der Waals surface area contributed by atoms with E-state index in [4.69, 9.17) is 0 Å². The van der Waals surface area contributed by atoms with Crippen molar-refractivity contribution in [3.63, 3.8) is 0 Å². The van der Waals surface area contributed by atoms with Crippen molar-refractivity contribution in [3.05, 3.63) is 70.9 Å². The minimum atomic E-state index is -0.411. The number of anilines is 2. The summed E-state index contributed by atoms with van der Waals surface area (Å²) in [4.78, 5) is 51.7. The molecule has 2 amide bonds. The van der Waals surface area contributed by atoms with E-state index >= 15 is 0 Å². The predicted molar refractivity (Wildman–Crippen MR) is 126 cm³/mol. The number of thiazole rings is 1. The number of aromatic nitrogens is 2. The molecule has 1 saturated heterocycles. The molecule has 8 nitrogen and oxygen atoms in total. The van der Waals surface area contributed by atoms with Gasteiger partial charge in [0, 0.05) is 50.8 Å². The first-order chi connectivity index (χ1) is 16.1. The number of nitrogens with zero attached hydrogens (tertiary/aromatic N) is 4. The van der Waals surface area contributed by atoms with Crippen LogP contribution in [0.3, 0.4) is 0 Å². The number of rotatable bonds is 4. The number of hydrogen-bond acceptors (Lipinski definition) is 7. The van der Waals surface area contributed by atoms with Crippen molar-refractivity contribution in [2.24, 2.45) is 5.92 Å². The van der Waals surface area contributed by atoms with Crippen LogP contribution in [-0.4, -0.2) is 58.6 Å². The van der Waals surface area contributed by atoms with E-state index < -0.39 is 5.92 Å². The first-order valence-corrected chi connectivity index (χ1v) is 11.7. The van der Waals surface area contributed by atoms with E-state index in [1.807, 2.05) is 29.2 Å². The molecule has 1 aromatic carbocycles. The van der Waals surface area contributed by atoms with Crippen LogP contribution in [0.2, 0.25) is 0 Å². The molecule has 2 aromatic heterocycles. The van der Waals surface area contributed by atoms with Gasteiger partial charge in [0.05, 0.1) is 16.5 Å². The first kappa shape index (κ1) is 21.3. The molecule has 33 heavy (non-hydrogen) atoms. The molecule has 0 unspecified atom stereocenters. The van der Waals surface area contributed by atoms with Gasteiger partial charge in [0.1, 0.15) is 5.82 Å². The molecular formula is C24H23N5O3S. The lowest BCUT2D eigenvalue weighted by molar-refractivity contribution is -0.135. The van der Waals surface area contributed by atoms with Gasteiger partial charge in [-0.3, -0.25) is 19.7 Å². The van der Waals surface area contributed by atoms with Crippen LogP contribution in [0.4, 0.5) is 10.9 Å². The lowest BCUT2D eigenvalue weighted by Gasteiger charge is -2.37. The molecule has 0 bridgehead atoms. The van der Waals surface area contributed by atoms with Crippen molar-refractivity contribution >= 4 is 39.9 Å². The van der Waals surface area contributed by atoms with Gasteiger partial charge in [-0.1, -0.05) is 35.6 Å². The van der Waals surface area contributed by atoms with Crippen LogP contribution in [0.5, 0.6) is 0 Å². The number of fused-ring (bicyclic) bond motifs is 1. The number of amides is 2. The van der Waals surface area contributed by atoms with Crippen LogP contribution in [0, 0.1) is 5.92 Å². The Hall–Kier alpha value is -3.59. The van der Waals surface area contributed by atoms with E-state index in [0.29, 0.717) is 53.9 Å². The Morgan fingerprint density at radius 3 is 2.45 bits per heavy atom. The zero-order chi connectivity index (χ0) is 22.8. The summed E-state index contributed by atoms with van der Waals surface area (Å²) in [5, 5.41) is 3.16. The van der Waals surface area contributed by atoms with Crippen molar-refractivity contribution in [2.45, 2.75) is 12.8 Å². The second-order valence-electron chi connectivity index (χ2n) is 8.14. The minimum absolute atomic E-state index is 0.00228. The van der Waals surface area contributed by atoms with E-state index in [-0.39, 0.29) is 24.0 Å². The van der Waals surface area contributed by atoms with Gasteiger partial charge in [0.15, 0.2) is 10.9 Å². The number of hydrogen-bond donors (Lipinski definition) is 1. The first-order valence-electron chi connectivity index (χ1n) is 10.9. The summed E-state index contributed by atoms with van der Waals surface area (Å²) in [6.07, 6.45) is 2.36. The van der Waals surface area contributed by atoms with E-state index in [1.165, 1.54) is 11.3 Å². The number of benzene rings is 1. The fourth-order valence-corrected chi connectivity index (χ4v) is 5.21. The summed E-state index contributed by atoms with van der Waals surface area (Å²) < 4.78 is 0. The molecule has 168 valence electrons. The smallest absolute Gasteiger partial charge is 0.257 e. The van der Waals surface area contributed by atoms with Crippen LogP contribution in [-0.2, 0) is 11.2 Å². The standard InChI is InChI=1S/C24H23N5O3S/c30-19-15-17(23(32)29-12-10-28(11-13-29)20-8-4-5-9-25-20)14-18-21(19)33-24(26-18)27-22(31)16-6-2-1-3-7-16/h1-9,17H,10-15H2,(H,26,27,31)/t17-/m0/s1. The van der Waals surface area contributed by atoms with Crippen molar-refractivity contribution in [3.8, 4) is 0 Å². The van der Waals surface area contributed by atoms with Crippen molar-refractivity contribution in [1.29, 1.82) is 0 Å². The largest absolute Gasteiger partial charge is 0.353 e. The monoisotopic (exact) mass is 461 g/mol. The minimum Gasteiger partial charge on any atom is -0.353 e. The molecule has 9 heteroatoms. The van der Waals surface area contributed by atoms with Gasteiger partial charge in [0.25, 0.3) is 5.91 Å². The van der Waals surface area contributed by atoms with Gasteiger partial charge in [-0.05, 0) is 24.3 Å².